The summed E-state index contributed by atoms with van der Waals surface area (Å²) in [5, 5.41) is 9.74. The van der Waals surface area contributed by atoms with Gasteiger partial charge in [-0.1, -0.05) is 17.7 Å². The number of halogens is 1. The second-order valence-corrected chi connectivity index (χ2v) is 9.61. The van der Waals surface area contributed by atoms with Crippen molar-refractivity contribution >= 4 is 39.0 Å². The lowest BCUT2D eigenvalue weighted by atomic mass is 10.1. The Bertz CT molecular complexity index is 1240. The molecule has 1 aliphatic heterocycles. The molecule has 1 aromatic heterocycles. The Balaban J connectivity index is 0.00000216. The summed E-state index contributed by atoms with van der Waals surface area (Å²) in [7, 11) is -3.75. The van der Waals surface area contributed by atoms with Crippen LogP contribution in [0.4, 0.5) is 11.5 Å². The molecule has 33 heavy (non-hydrogen) atoms. The monoisotopic (exact) mass is 491 g/mol. The molecule has 0 saturated carbocycles. The van der Waals surface area contributed by atoms with E-state index in [9.17, 15) is 18.3 Å². The molecule has 0 spiro atoms. The van der Waals surface area contributed by atoms with Gasteiger partial charge in [-0.25, -0.2) is 18.4 Å². The fourth-order valence-electron chi connectivity index (χ4n) is 3.54. The van der Waals surface area contributed by atoms with Crippen molar-refractivity contribution in [3.05, 3.63) is 71.6 Å². The average molecular weight is 492 g/mol. The van der Waals surface area contributed by atoms with Gasteiger partial charge < -0.3 is 14.9 Å². The third-order valence-corrected chi connectivity index (χ3v) is 7.01. The largest absolute Gasteiger partial charge is 0.506 e. The van der Waals surface area contributed by atoms with Crippen LogP contribution in [-0.4, -0.2) is 60.5 Å². The van der Waals surface area contributed by atoms with E-state index < -0.39 is 10.0 Å². The van der Waals surface area contributed by atoms with Crippen molar-refractivity contribution in [2.24, 2.45) is 0 Å². The van der Waals surface area contributed by atoms with Crippen LogP contribution in [0.3, 0.4) is 0 Å². The van der Waals surface area contributed by atoms with E-state index in [1.807, 2.05) is 0 Å². The molecule has 0 bridgehead atoms. The van der Waals surface area contributed by atoms with E-state index in [1.165, 1.54) is 24.7 Å². The fraction of sp³-hybridized carbons (Fsp3) is 0.227. The number of nitrogens with one attached hydrogen (secondary N) is 1. The first-order valence-corrected chi connectivity index (χ1v) is 12.1. The third kappa shape index (κ3) is 5.52. The zero-order chi connectivity index (χ0) is 23.4. The van der Waals surface area contributed by atoms with E-state index in [1.54, 1.807) is 41.3 Å². The average Bonchev–Trinajstić information content (AvgIpc) is 2.82. The molecule has 2 N–H and O–H groups in total. The van der Waals surface area contributed by atoms with E-state index >= 15 is 0 Å². The van der Waals surface area contributed by atoms with Gasteiger partial charge in [-0.05, 0) is 48.0 Å². The lowest BCUT2D eigenvalue weighted by Gasteiger charge is -2.36. The molecule has 176 valence electrons. The molecule has 2 aromatic carbocycles. The van der Waals surface area contributed by atoms with Crippen molar-refractivity contribution in [3.63, 3.8) is 0 Å². The maximum atomic E-state index is 12.6. The van der Waals surface area contributed by atoms with Crippen molar-refractivity contribution in [1.29, 1.82) is 0 Å². The van der Waals surface area contributed by atoms with Crippen LogP contribution in [0, 0.1) is 0 Å². The van der Waals surface area contributed by atoms with E-state index in [2.05, 4.69) is 19.6 Å². The second kappa shape index (κ2) is 9.63. The molecular formula is C22H26ClN5O4S. The predicted molar refractivity (Wildman–Crippen MR) is 129 cm³/mol. The van der Waals surface area contributed by atoms with Crippen LogP contribution in [0.2, 0.25) is 5.02 Å². The molecule has 11 heteroatoms. The van der Waals surface area contributed by atoms with Crippen molar-refractivity contribution in [2.45, 2.75) is 11.3 Å². The number of carbonyl (C=O) groups is 1. The molecular weight excluding hydrogens is 466 g/mol. The lowest BCUT2D eigenvalue weighted by molar-refractivity contribution is -0.130. The van der Waals surface area contributed by atoms with Gasteiger partial charge in [-0.3, -0.25) is 9.52 Å². The number of hydrogen-bond acceptors (Lipinski definition) is 7. The zero-order valence-corrected chi connectivity index (χ0v) is 19.1. The number of hydrogen-bond donors (Lipinski definition) is 2. The molecule has 0 atom stereocenters. The zero-order valence-electron chi connectivity index (χ0n) is 17.6. The van der Waals surface area contributed by atoms with Gasteiger partial charge in [0.1, 0.15) is 17.9 Å². The number of aromatic hydroxyl groups is 1. The summed E-state index contributed by atoms with van der Waals surface area (Å²) in [5.41, 5.74) is 1.63. The van der Waals surface area contributed by atoms with Crippen LogP contribution in [-0.2, 0) is 21.2 Å². The van der Waals surface area contributed by atoms with Crippen LogP contribution in [0.5, 0.6) is 5.75 Å². The Kier molecular flexibility index (Phi) is 6.66. The fourth-order valence-corrected chi connectivity index (χ4v) is 4.76. The number of aromatic nitrogens is 2. The summed E-state index contributed by atoms with van der Waals surface area (Å²) >= 11 is 5.92. The SMILES string of the molecule is O=C(Cc1ccc(O)c(Cl)c1)N1CCN(c2ccc(S(=O)(=O)Nc3ccncn3)cc2)CC1.[HH].[HH]. The van der Waals surface area contributed by atoms with Crippen LogP contribution < -0.4 is 9.62 Å². The first-order valence-electron chi connectivity index (χ1n) is 10.2. The summed E-state index contributed by atoms with van der Waals surface area (Å²) in [6, 6.07) is 12.8. The van der Waals surface area contributed by atoms with Crippen molar-refractivity contribution in [3.8, 4) is 5.75 Å². The molecule has 0 radical (unpaired) electrons. The van der Waals surface area contributed by atoms with Crippen molar-refractivity contribution < 1.29 is 21.2 Å². The summed E-state index contributed by atoms with van der Waals surface area (Å²) in [6.07, 6.45) is 2.94. The molecule has 0 aliphatic carbocycles. The summed E-state index contributed by atoms with van der Waals surface area (Å²) in [5.74, 6) is 0.184. The number of phenols is 1. The minimum Gasteiger partial charge on any atom is -0.506 e. The highest BCUT2D eigenvalue weighted by molar-refractivity contribution is 7.92. The second-order valence-electron chi connectivity index (χ2n) is 7.52. The topological polar surface area (TPSA) is 116 Å². The Labute approximate surface area is 199 Å². The molecule has 4 rings (SSSR count). The molecule has 3 aromatic rings. The number of anilines is 2. The Morgan fingerprint density at radius 1 is 1.09 bits per heavy atom. The Hall–Kier alpha value is -3.37. The van der Waals surface area contributed by atoms with Gasteiger partial charge in [0.05, 0.1) is 16.3 Å². The molecule has 1 aliphatic rings. The lowest BCUT2D eigenvalue weighted by Crippen LogP contribution is -2.49. The molecule has 0 unspecified atom stereocenters. The first kappa shape index (κ1) is 22.8. The van der Waals surface area contributed by atoms with E-state index in [-0.39, 0.29) is 36.7 Å². The Morgan fingerprint density at radius 3 is 2.45 bits per heavy atom. The minimum atomic E-state index is -3.75. The quantitative estimate of drug-likeness (QED) is 0.544. The predicted octanol–water partition coefficient (Wildman–Crippen LogP) is 3.02. The van der Waals surface area contributed by atoms with Gasteiger partial charge in [0.25, 0.3) is 10.0 Å². The standard InChI is InChI=1S/C22H22ClN5O4S.2H2/c23-19-13-16(1-6-20(19)29)14-22(30)28-11-9-27(10-12-28)17-2-4-18(5-3-17)33(31,32)26-21-7-8-24-15-25-21;;/h1-8,13,15,29H,9-12,14H2,(H,24,25,26);2*1H. The summed E-state index contributed by atoms with van der Waals surface area (Å²) in [4.78, 5) is 24.3. The Morgan fingerprint density at radius 2 is 1.82 bits per heavy atom. The highest BCUT2D eigenvalue weighted by Crippen LogP contribution is 2.25. The number of nitrogens with zero attached hydrogens (tertiary/aromatic N) is 4. The van der Waals surface area contributed by atoms with Gasteiger partial charge in [0.2, 0.25) is 5.91 Å². The van der Waals surface area contributed by atoms with Crippen LogP contribution >= 0.6 is 11.6 Å². The smallest absolute Gasteiger partial charge is 0.263 e. The number of carbonyl (C=O) groups excluding carboxylic acids is 1. The van der Waals surface area contributed by atoms with Gasteiger partial charge in [0, 0.05) is 40.9 Å². The molecule has 9 nitrogen and oxygen atoms in total. The minimum absolute atomic E-state index is 0. The van der Waals surface area contributed by atoms with E-state index in [0.717, 1.165) is 11.3 Å². The van der Waals surface area contributed by atoms with Crippen LogP contribution in [0.1, 0.15) is 8.42 Å². The highest BCUT2D eigenvalue weighted by Gasteiger charge is 2.22. The number of phenolic OH excluding ortho intramolecular Hbond substituents is 1. The number of piperazine rings is 1. The van der Waals surface area contributed by atoms with Gasteiger partial charge in [-0.15, -0.1) is 0 Å². The van der Waals surface area contributed by atoms with Crippen LogP contribution in [0.25, 0.3) is 0 Å². The van der Waals surface area contributed by atoms with E-state index in [0.29, 0.717) is 26.2 Å². The first-order chi connectivity index (χ1) is 15.8. The molecule has 2 heterocycles. The number of benzene rings is 2. The van der Waals surface area contributed by atoms with Gasteiger partial charge in [-0.2, -0.15) is 0 Å². The molecule has 1 fully saturated rings. The summed E-state index contributed by atoms with van der Waals surface area (Å²) < 4.78 is 27.5. The van der Waals surface area contributed by atoms with Crippen molar-refractivity contribution in [1.82, 2.24) is 14.9 Å². The third-order valence-electron chi connectivity index (χ3n) is 5.33. The van der Waals surface area contributed by atoms with Crippen LogP contribution in [0.15, 0.2) is 66.0 Å². The maximum Gasteiger partial charge on any atom is 0.263 e. The maximum absolute atomic E-state index is 12.6. The number of amides is 1. The van der Waals surface area contributed by atoms with Crippen molar-refractivity contribution in [2.75, 3.05) is 35.8 Å². The molecule has 1 amide bonds. The van der Waals surface area contributed by atoms with Gasteiger partial charge >= 0.3 is 0 Å². The van der Waals surface area contributed by atoms with Gasteiger partial charge in [0.15, 0.2) is 0 Å². The molecule has 1 saturated heterocycles. The van der Waals surface area contributed by atoms with E-state index in [4.69, 9.17) is 11.6 Å². The normalized spacial score (nSPS) is 14.2. The number of rotatable bonds is 6. The highest BCUT2D eigenvalue weighted by atomic mass is 35.5. The summed E-state index contributed by atoms with van der Waals surface area (Å²) in [6.45, 7) is 2.38. The number of sulfonamides is 1.